The van der Waals surface area contributed by atoms with Crippen LogP contribution in [-0.4, -0.2) is 10.2 Å². The quantitative estimate of drug-likeness (QED) is 0.837. The number of aryl methyl sites for hydroxylation is 1. The Bertz CT molecular complexity index is 677. The zero-order valence-electron chi connectivity index (χ0n) is 10.9. The first kappa shape index (κ1) is 13.3. The molecule has 0 aliphatic rings. The summed E-state index contributed by atoms with van der Waals surface area (Å²) >= 11 is 5.90. The lowest BCUT2D eigenvalue weighted by Crippen LogP contribution is -1.98. The molecule has 1 heterocycles. The number of nitrogens with zero attached hydrogens (tertiary/aromatic N) is 3. The summed E-state index contributed by atoms with van der Waals surface area (Å²) in [4.78, 5) is 0. The largest absolute Gasteiger partial charge is 0.437 e. The molecule has 0 aliphatic carbocycles. The molecule has 0 bridgehead atoms. The highest BCUT2D eigenvalue weighted by Gasteiger charge is 2.11. The molecule has 1 aromatic heterocycles. The minimum absolute atomic E-state index is 0.368. The topological polar surface area (TPSA) is 58.8 Å². The predicted molar refractivity (Wildman–Crippen MR) is 72.5 cm³/mol. The summed E-state index contributed by atoms with van der Waals surface area (Å²) in [5.74, 6) is 0.998. The number of rotatable bonds is 2. The van der Waals surface area contributed by atoms with E-state index >= 15 is 0 Å². The van der Waals surface area contributed by atoms with E-state index in [2.05, 4.69) is 16.3 Å². The summed E-state index contributed by atoms with van der Waals surface area (Å²) in [7, 11) is 0. The molecular weight excluding hydrogens is 262 g/mol. The van der Waals surface area contributed by atoms with Crippen molar-refractivity contribution in [2.75, 3.05) is 0 Å². The lowest BCUT2D eigenvalue weighted by atomic mass is 10.1. The fourth-order valence-corrected chi connectivity index (χ4v) is 1.71. The maximum absolute atomic E-state index is 8.90. The van der Waals surface area contributed by atoms with Crippen LogP contribution in [0.2, 0.25) is 5.15 Å². The summed E-state index contributed by atoms with van der Waals surface area (Å²) in [6, 6.07) is 7.34. The predicted octanol–water partition coefficient (Wildman–Crippen LogP) is 3.72. The van der Waals surface area contributed by atoms with Crippen molar-refractivity contribution in [2.45, 2.75) is 20.8 Å². The molecule has 4 nitrogen and oxygen atoms in total. The molecule has 0 N–H and O–H groups in total. The van der Waals surface area contributed by atoms with E-state index in [4.69, 9.17) is 21.6 Å². The average molecular weight is 274 g/mol. The number of nitriles is 1. The number of benzene rings is 1. The lowest BCUT2D eigenvalue weighted by molar-refractivity contribution is 0.447. The summed E-state index contributed by atoms with van der Waals surface area (Å²) in [6.07, 6.45) is 0. The van der Waals surface area contributed by atoms with Crippen LogP contribution in [0.25, 0.3) is 0 Å². The Hall–Kier alpha value is -2.12. The van der Waals surface area contributed by atoms with Gasteiger partial charge in [0.25, 0.3) is 0 Å². The fourth-order valence-electron chi connectivity index (χ4n) is 1.54. The molecule has 0 unspecified atom stereocenters. The van der Waals surface area contributed by atoms with E-state index in [1.54, 1.807) is 12.1 Å². The summed E-state index contributed by atoms with van der Waals surface area (Å²) in [5, 5.41) is 17.0. The number of hydrogen-bond donors (Lipinski definition) is 0. The van der Waals surface area contributed by atoms with Crippen molar-refractivity contribution in [3.05, 3.63) is 45.6 Å². The number of hydrogen-bond acceptors (Lipinski definition) is 4. The van der Waals surface area contributed by atoms with Crippen LogP contribution in [0.1, 0.15) is 22.3 Å². The number of halogens is 1. The first-order chi connectivity index (χ1) is 9.02. The third kappa shape index (κ3) is 2.67. The Morgan fingerprint density at radius 2 is 1.89 bits per heavy atom. The molecule has 0 saturated carbocycles. The van der Waals surface area contributed by atoms with Gasteiger partial charge in [-0.15, -0.1) is 10.2 Å². The normalized spacial score (nSPS) is 10.1. The first-order valence-corrected chi connectivity index (χ1v) is 6.08. The molecule has 5 heteroatoms. The number of aromatic nitrogens is 2. The standard InChI is InChI=1S/C14H12ClN3O/c1-8-4-5-11(7-16)6-12(8)19-14-10(3)9(2)13(15)17-18-14/h4-6H,1-3H3. The van der Waals surface area contributed by atoms with E-state index in [-0.39, 0.29) is 0 Å². The molecule has 2 rings (SSSR count). The molecule has 0 saturated heterocycles. The second-order valence-electron chi connectivity index (χ2n) is 4.24. The highest BCUT2D eigenvalue weighted by Crippen LogP contribution is 2.29. The van der Waals surface area contributed by atoms with Gasteiger partial charge in [0, 0.05) is 5.56 Å². The molecule has 0 fully saturated rings. The zero-order chi connectivity index (χ0) is 14.0. The van der Waals surface area contributed by atoms with Gasteiger partial charge in [0.2, 0.25) is 5.88 Å². The summed E-state index contributed by atoms with van der Waals surface area (Å²) < 4.78 is 5.73. The Balaban J connectivity index is 2.42. The van der Waals surface area contributed by atoms with Crippen LogP contribution >= 0.6 is 11.6 Å². The Kier molecular flexibility index (Phi) is 3.68. The van der Waals surface area contributed by atoms with E-state index in [1.165, 1.54) is 0 Å². The summed E-state index contributed by atoms with van der Waals surface area (Å²) in [5.41, 5.74) is 3.13. The second kappa shape index (κ2) is 5.25. The minimum atomic E-state index is 0.368. The van der Waals surface area contributed by atoms with Gasteiger partial charge in [-0.1, -0.05) is 17.7 Å². The van der Waals surface area contributed by atoms with Crippen molar-refractivity contribution in [2.24, 2.45) is 0 Å². The van der Waals surface area contributed by atoms with Gasteiger partial charge < -0.3 is 4.74 Å². The smallest absolute Gasteiger partial charge is 0.242 e. The molecule has 0 radical (unpaired) electrons. The molecule has 0 spiro atoms. The number of ether oxygens (including phenoxy) is 1. The van der Waals surface area contributed by atoms with Gasteiger partial charge in [-0.3, -0.25) is 0 Å². The Morgan fingerprint density at radius 1 is 1.16 bits per heavy atom. The Morgan fingerprint density at radius 3 is 2.58 bits per heavy atom. The van der Waals surface area contributed by atoms with Gasteiger partial charge in [0.15, 0.2) is 5.15 Å². The van der Waals surface area contributed by atoms with Crippen LogP contribution in [-0.2, 0) is 0 Å². The molecular formula is C14H12ClN3O. The van der Waals surface area contributed by atoms with Crippen LogP contribution in [0.5, 0.6) is 11.6 Å². The Labute approximate surface area is 116 Å². The third-order valence-electron chi connectivity index (χ3n) is 2.95. The highest BCUT2D eigenvalue weighted by atomic mass is 35.5. The molecule has 1 aromatic carbocycles. The van der Waals surface area contributed by atoms with Gasteiger partial charge in [-0.2, -0.15) is 5.26 Å². The molecule has 0 amide bonds. The van der Waals surface area contributed by atoms with Crippen molar-refractivity contribution < 1.29 is 4.74 Å². The van der Waals surface area contributed by atoms with Crippen molar-refractivity contribution >= 4 is 11.6 Å². The second-order valence-corrected chi connectivity index (χ2v) is 4.60. The molecule has 2 aromatic rings. The van der Waals surface area contributed by atoms with Gasteiger partial charge >= 0.3 is 0 Å². The maximum atomic E-state index is 8.90. The van der Waals surface area contributed by atoms with Crippen molar-refractivity contribution in [1.29, 1.82) is 5.26 Å². The van der Waals surface area contributed by atoms with Gasteiger partial charge in [-0.05, 0) is 44.0 Å². The van der Waals surface area contributed by atoms with E-state index in [0.29, 0.717) is 22.3 Å². The van der Waals surface area contributed by atoms with Crippen molar-refractivity contribution in [3.8, 4) is 17.7 Å². The highest BCUT2D eigenvalue weighted by molar-refractivity contribution is 6.30. The molecule has 96 valence electrons. The van der Waals surface area contributed by atoms with Crippen LogP contribution in [0, 0.1) is 32.1 Å². The van der Waals surface area contributed by atoms with Crippen LogP contribution in [0.4, 0.5) is 0 Å². The van der Waals surface area contributed by atoms with Crippen molar-refractivity contribution in [1.82, 2.24) is 10.2 Å². The van der Waals surface area contributed by atoms with E-state index in [1.807, 2.05) is 26.8 Å². The SMILES string of the molecule is Cc1ccc(C#N)cc1Oc1nnc(Cl)c(C)c1C. The zero-order valence-corrected chi connectivity index (χ0v) is 11.6. The molecule has 0 aliphatic heterocycles. The molecule has 0 atom stereocenters. The minimum Gasteiger partial charge on any atom is -0.437 e. The van der Waals surface area contributed by atoms with Gasteiger partial charge in [0.05, 0.1) is 11.6 Å². The van der Waals surface area contributed by atoms with Crippen LogP contribution < -0.4 is 4.74 Å². The van der Waals surface area contributed by atoms with Crippen LogP contribution in [0.15, 0.2) is 18.2 Å². The van der Waals surface area contributed by atoms with Gasteiger partial charge in [0.1, 0.15) is 5.75 Å². The average Bonchev–Trinajstić information content (AvgIpc) is 2.41. The van der Waals surface area contributed by atoms with E-state index in [9.17, 15) is 0 Å². The fraction of sp³-hybridized carbons (Fsp3) is 0.214. The monoisotopic (exact) mass is 273 g/mol. The lowest BCUT2D eigenvalue weighted by Gasteiger charge is -2.11. The van der Waals surface area contributed by atoms with E-state index in [0.717, 1.165) is 16.7 Å². The maximum Gasteiger partial charge on any atom is 0.242 e. The van der Waals surface area contributed by atoms with E-state index < -0.39 is 0 Å². The van der Waals surface area contributed by atoms with Crippen LogP contribution in [0.3, 0.4) is 0 Å². The first-order valence-electron chi connectivity index (χ1n) is 5.71. The van der Waals surface area contributed by atoms with Gasteiger partial charge in [-0.25, -0.2) is 0 Å². The third-order valence-corrected chi connectivity index (χ3v) is 3.30. The van der Waals surface area contributed by atoms with Crippen molar-refractivity contribution in [3.63, 3.8) is 0 Å². The molecule has 19 heavy (non-hydrogen) atoms. The summed E-state index contributed by atoms with van der Waals surface area (Å²) in [6.45, 7) is 5.63.